The van der Waals surface area contributed by atoms with E-state index in [-0.39, 0.29) is 5.91 Å². The summed E-state index contributed by atoms with van der Waals surface area (Å²) in [6.45, 7) is 4.17. The zero-order valence-electron chi connectivity index (χ0n) is 10.4. The molecule has 16 heavy (non-hydrogen) atoms. The van der Waals surface area contributed by atoms with Crippen molar-refractivity contribution in [2.75, 3.05) is 0 Å². The second-order valence-electron chi connectivity index (χ2n) is 4.84. The van der Waals surface area contributed by atoms with Crippen LogP contribution in [0, 0.1) is 17.2 Å². The van der Waals surface area contributed by atoms with Gasteiger partial charge in [0.25, 0.3) is 0 Å². The molecule has 1 aliphatic carbocycles. The summed E-state index contributed by atoms with van der Waals surface area (Å²) in [5.41, 5.74) is -0.572. The van der Waals surface area contributed by atoms with Crippen LogP contribution in [0.5, 0.6) is 0 Å². The minimum atomic E-state index is -0.572. The number of carbonyl (C=O) groups is 1. The van der Waals surface area contributed by atoms with E-state index in [1.54, 1.807) is 0 Å². The van der Waals surface area contributed by atoms with E-state index in [1.165, 1.54) is 6.42 Å². The third-order valence-electron chi connectivity index (χ3n) is 3.61. The van der Waals surface area contributed by atoms with E-state index in [0.29, 0.717) is 6.42 Å². The molecule has 1 amide bonds. The van der Waals surface area contributed by atoms with Gasteiger partial charge in [0.2, 0.25) is 5.91 Å². The molecule has 0 spiro atoms. The molecule has 0 aliphatic heterocycles. The zero-order valence-corrected chi connectivity index (χ0v) is 10.4. The lowest BCUT2D eigenvalue weighted by atomic mass is 9.76. The Labute approximate surface area is 98.2 Å². The topological polar surface area (TPSA) is 52.9 Å². The number of rotatable bonds is 4. The molecule has 0 atom stereocenters. The fraction of sp³-hybridized carbons (Fsp3) is 0.846. The highest BCUT2D eigenvalue weighted by atomic mass is 16.1. The molecule has 0 radical (unpaired) electrons. The summed E-state index contributed by atoms with van der Waals surface area (Å²) in [5.74, 6) is 0.767. The summed E-state index contributed by atoms with van der Waals surface area (Å²) < 4.78 is 0. The molecule has 1 aliphatic rings. The Morgan fingerprint density at radius 1 is 1.44 bits per heavy atom. The molecule has 0 saturated heterocycles. The lowest BCUT2D eigenvalue weighted by Crippen LogP contribution is -2.49. The number of hydrogen-bond donors (Lipinski definition) is 1. The maximum atomic E-state index is 11.6. The molecule has 3 heteroatoms. The van der Waals surface area contributed by atoms with Crippen LogP contribution in [-0.4, -0.2) is 11.4 Å². The Kier molecular flexibility index (Phi) is 4.79. The van der Waals surface area contributed by atoms with E-state index in [2.05, 4.69) is 18.3 Å². The monoisotopic (exact) mass is 222 g/mol. The van der Waals surface area contributed by atoms with Crippen LogP contribution < -0.4 is 5.32 Å². The van der Waals surface area contributed by atoms with Crippen LogP contribution in [0.2, 0.25) is 0 Å². The van der Waals surface area contributed by atoms with Crippen molar-refractivity contribution in [1.29, 1.82) is 5.26 Å². The van der Waals surface area contributed by atoms with Crippen molar-refractivity contribution in [3.05, 3.63) is 0 Å². The van der Waals surface area contributed by atoms with Crippen LogP contribution in [-0.2, 0) is 4.79 Å². The van der Waals surface area contributed by atoms with Gasteiger partial charge in [-0.1, -0.05) is 20.3 Å². The third-order valence-corrected chi connectivity index (χ3v) is 3.61. The van der Waals surface area contributed by atoms with Crippen molar-refractivity contribution in [2.24, 2.45) is 5.92 Å². The molecule has 1 rings (SSSR count). The Bertz CT molecular complexity index is 272. The summed E-state index contributed by atoms with van der Waals surface area (Å²) >= 11 is 0. The van der Waals surface area contributed by atoms with E-state index in [1.807, 2.05) is 6.92 Å². The summed E-state index contributed by atoms with van der Waals surface area (Å²) in [7, 11) is 0. The number of carbonyl (C=O) groups excluding carboxylic acids is 1. The highest BCUT2D eigenvalue weighted by molar-refractivity contribution is 5.77. The Hall–Kier alpha value is -1.04. The molecule has 0 unspecified atom stereocenters. The van der Waals surface area contributed by atoms with Crippen molar-refractivity contribution in [2.45, 2.75) is 64.3 Å². The van der Waals surface area contributed by atoms with E-state index >= 15 is 0 Å². The lowest BCUT2D eigenvalue weighted by molar-refractivity contribution is -0.122. The van der Waals surface area contributed by atoms with Crippen LogP contribution in [0.15, 0.2) is 0 Å². The fourth-order valence-corrected chi connectivity index (χ4v) is 2.40. The normalized spacial score (nSPS) is 29.4. The molecular weight excluding hydrogens is 200 g/mol. The van der Waals surface area contributed by atoms with Gasteiger partial charge in [-0.2, -0.15) is 5.26 Å². The molecule has 3 nitrogen and oxygen atoms in total. The van der Waals surface area contributed by atoms with E-state index in [4.69, 9.17) is 0 Å². The van der Waals surface area contributed by atoms with Crippen molar-refractivity contribution in [1.82, 2.24) is 5.32 Å². The van der Waals surface area contributed by atoms with Crippen LogP contribution in [0.3, 0.4) is 0 Å². The average molecular weight is 222 g/mol. The number of hydrogen-bond acceptors (Lipinski definition) is 2. The van der Waals surface area contributed by atoms with Crippen LogP contribution >= 0.6 is 0 Å². The van der Waals surface area contributed by atoms with Gasteiger partial charge in [0.05, 0.1) is 6.07 Å². The highest BCUT2D eigenvalue weighted by Crippen LogP contribution is 2.33. The maximum Gasteiger partial charge on any atom is 0.221 e. The van der Waals surface area contributed by atoms with Crippen LogP contribution in [0.4, 0.5) is 0 Å². The van der Waals surface area contributed by atoms with E-state index in [0.717, 1.165) is 38.0 Å². The fourth-order valence-electron chi connectivity index (χ4n) is 2.40. The predicted octanol–water partition coefficient (Wildman–Crippen LogP) is 2.77. The Morgan fingerprint density at radius 3 is 2.50 bits per heavy atom. The van der Waals surface area contributed by atoms with Gasteiger partial charge in [-0.25, -0.2) is 0 Å². The van der Waals surface area contributed by atoms with Gasteiger partial charge in [-0.3, -0.25) is 4.79 Å². The molecule has 1 fully saturated rings. The lowest BCUT2D eigenvalue weighted by Gasteiger charge is -2.35. The molecule has 90 valence electrons. The first-order valence-corrected chi connectivity index (χ1v) is 6.38. The van der Waals surface area contributed by atoms with Crippen molar-refractivity contribution in [3.63, 3.8) is 0 Å². The smallest absolute Gasteiger partial charge is 0.221 e. The molecule has 0 bridgehead atoms. The highest BCUT2D eigenvalue weighted by Gasteiger charge is 2.35. The minimum absolute atomic E-state index is 0.0269. The summed E-state index contributed by atoms with van der Waals surface area (Å²) in [6, 6.07) is 2.32. The molecule has 0 heterocycles. The second kappa shape index (κ2) is 5.89. The van der Waals surface area contributed by atoms with Gasteiger partial charge in [0.1, 0.15) is 5.54 Å². The Morgan fingerprint density at radius 2 is 2.06 bits per heavy atom. The molecular formula is C13H22N2O. The first-order chi connectivity index (χ1) is 7.65. The first-order valence-electron chi connectivity index (χ1n) is 6.38. The Balaban J connectivity index is 2.53. The molecule has 0 aromatic carbocycles. The average Bonchev–Trinajstić information content (AvgIpc) is 2.30. The summed E-state index contributed by atoms with van der Waals surface area (Å²) in [4.78, 5) is 11.6. The van der Waals surface area contributed by atoms with Crippen LogP contribution in [0.25, 0.3) is 0 Å². The van der Waals surface area contributed by atoms with Gasteiger partial charge in [-0.15, -0.1) is 0 Å². The summed E-state index contributed by atoms with van der Waals surface area (Å²) in [5, 5.41) is 12.2. The zero-order chi connectivity index (χ0) is 12.0. The van der Waals surface area contributed by atoms with Crippen molar-refractivity contribution < 1.29 is 4.79 Å². The quantitative estimate of drug-likeness (QED) is 0.795. The summed E-state index contributed by atoms with van der Waals surface area (Å²) in [6.07, 6.45) is 6.32. The maximum absolute atomic E-state index is 11.6. The number of nitrogens with zero attached hydrogens (tertiary/aromatic N) is 1. The number of nitrogens with one attached hydrogen (secondary N) is 1. The van der Waals surface area contributed by atoms with Gasteiger partial charge in [0.15, 0.2) is 0 Å². The first kappa shape index (κ1) is 13.0. The predicted molar refractivity (Wildman–Crippen MR) is 63.6 cm³/mol. The van der Waals surface area contributed by atoms with Gasteiger partial charge in [0, 0.05) is 6.42 Å². The van der Waals surface area contributed by atoms with E-state index in [9.17, 15) is 10.1 Å². The van der Waals surface area contributed by atoms with Gasteiger partial charge < -0.3 is 5.32 Å². The minimum Gasteiger partial charge on any atom is -0.338 e. The molecule has 0 aromatic heterocycles. The standard InChI is InChI=1S/C13H22N2O/c1-3-5-12(16)15-13(10-14)8-6-11(4-2)7-9-13/h11H,3-9H2,1-2H3,(H,15,16). The molecule has 1 saturated carbocycles. The number of nitriles is 1. The molecule has 0 aromatic rings. The largest absolute Gasteiger partial charge is 0.338 e. The van der Waals surface area contributed by atoms with Crippen molar-refractivity contribution >= 4 is 5.91 Å². The van der Waals surface area contributed by atoms with Gasteiger partial charge in [-0.05, 0) is 38.0 Å². The van der Waals surface area contributed by atoms with Crippen LogP contribution in [0.1, 0.15) is 58.8 Å². The third kappa shape index (κ3) is 3.23. The SMILES string of the molecule is CCCC(=O)NC1(C#N)CCC(CC)CC1. The number of amides is 1. The van der Waals surface area contributed by atoms with Crippen molar-refractivity contribution in [3.8, 4) is 6.07 Å². The van der Waals surface area contributed by atoms with Gasteiger partial charge >= 0.3 is 0 Å². The second-order valence-corrected chi connectivity index (χ2v) is 4.84. The van der Waals surface area contributed by atoms with E-state index < -0.39 is 5.54 Å². The molecule has 1 N–H and O–H groups in total.